The summed E-state index contributed by atoms with van der Waals surface area (Å²) in [4.78, 5) is 43.7. The van der Waals surface area contributed by atoms with E-state index in [0.29, 0.717) is 50.7 Å². The maximum atomic E-state index is 12.9. The lowest BCUT2D eigenvalue weighted by Crippen LogP contribution is -2.51. The number of pyridine rings is 1. The number of anilines is 1. The fourth-order valence-electron chi connectivity index (χ4n) is 3.36. The number of nitro groups is 1. The zero-order valence-corrected chi connectivity index (χ0v) is 17.3. The van der Waals surface area contributed by atoms with E-state index in [0.717, 1.165) is 0 Å². The Hall–Kier alpha value is -3.53. The quantitative estimate of drug-likeness (QED) is 0.386. The molecule has 1 fully saturated rings. The zero-order valence-electron chi connectivity index (χ0n) is 17.3. The molecule has 0 radical (unpaired) electrons. The Morgan fingerprint density at radius 1 is 1.16 bits per heavy atom. The van der Waals surface area contributed by atoms with E-state index in [1.54, 1.807) is 41.3 Å². The molecule has 10 nitrogen and oxygen atoms in total. The Morgan fingerprint density at radius 2 is 1.90 bits per heavy atom. The molecule has 0 saturated carbocycles. The van der Waals surface area contributed by atoms with E-state index in [1.807, 2.05) is 6.07 Å². The molecular formula is C21H25N5O5. The van der Waals surface area contributed by atoms with Crippen LogP contribution in [0.2, 0.25) is 0 Å². The summed E-state index contributed by atoms with van der Waals surface area (Å²) < 4.78 is 4.94. The third kappa shape index (κ3) is 5.76. The SMILES string of the molecule is COCCNc1ccc(C(=O)N2CCN(C(=O)Cc3ccccn3)CC2)cc1[N+](=O)[O-]. The fourth-order valence-corrected chi connectivity index (χ4v) is 3.36. The number of nitro benzene ring substituents is 1. The van der Waals surface area contributed by atoms with Crippen LogP contribution in [0.15, 0.2) is 42.6 Å². The lowest BCUT2D eigenvalue weighted by molar-refractivity contribution is -0.384. The van der Waals surface area contributed by atoms with Gasteiger partial charge in [-0.3, -0.25) is 24.7 Å². The average Bonchev–Trinajstić information content (AvgIpc) is 2.79. The van der Waals surface area contributed by atoms with Crippen LogP contribution in [0, 0.1) is 10.1 Å². The molecule has 0 atom stereocenters. The summed E-state index contributed by atoms with van der Waals surface area (Å²) in [5.74, 6) is -0.323. The smallest absolute Gasteiger partial charge is 0.293 e. The van der Waals surface area contributed by atoms with Crippen LogP contribution in [-0.4, -0.2) is 78.0 Å². The molecule has 1 aromatic carbocycles. The van der Waals surface area contributed by atoms with Crippen molar-refractivity contribution in [1.82, 2.24) is 14.8 Å². The number of amides is 2. The van der Waals surface area contributed by atoms with Gasteiger partial charge in [-0.15, -0.1) is 0 Å². The Kier molecular flexibility index (Phi) is 7.50. The highest BCUT2D eigenvalue weighted by molar-refractivity contribution is 5.96. The van der Waals surface area contributed by atoms with E-state index in [1.165, 1.54) is 12.1 Å². The minimum absolute atomic E-state index is 0.0343. The van der Waals surface area contributed by atoms with Gasteiger partial charge in [0.15, 0.2) is 0 Å². The van der Waals surface area contributed by atoms with Crippen molar-refractivity contribution in [2.24, 2.45) is 0 Å². The van der Waals surface area contributed by atoms with Gasteiger partial charge in [0, 0.05) is 63.4 Å². The normalized spacial score (nSPS) is 13.7. The lowest BCUT2D eigenvalue weighted by Gasteiger charge is -2.34. The van der Waals surface area contributed by atoms with Crippen molar-refractivity contribution in [2.45, 2.75) is 6.42 Å². The molecule has 2 amide bonds. The maximum absolute atomic E-state index is 12.9. The Balaban J connectivity index is 1.60. The molecule has 0 aliphatic carbocycles. The summed E-state index contributed by atoms with van der Waals surface area (Å²) in [6.07, 6.45) is 1.87. The molecule has 2 heterocycles. The average molecular weight is 427 g/mol. The minimum atomic E-state index is -0.514. The van der Waals surface area contributed by atoms with Crippen molar-refractivity contribution in [3.05, 3.63) is 64.0 Å². The highest BCUT2D eigenvalue weighted by atomic mass is 16.6. The molecule has 1 N–H and O–H groups in total. The fraction of sp³-hybridized carbons (Fsp3) is 0.381. The number of carbonyl (C=O) groups is 2. The molecular weight excluding hydrogens is 402 g/mol. The van der Waals surface area contributed by atoms with Crippen molar-refractivity contribution < 1.29 is 19.2 Å². The second-order valence-electron chi connectivity index (χ2n) is 7.08. The standard InChI is InChI=1S/C21H25N5O5/c1-31-13-8-23-18-6-5-16(14-19(18)26(29)30)21(28)25-11-9-24(10-12-25)20(27)15-17-4-2-3-7-22-17/h2-7,14,23H,8-13,15H2,1H3. The molecule has 1 aliphatic rings. The first-order valence-electron chi connectivity index (χ1n) is 9.98. The molecule has 1 aromatic heterocycles. The monoisotopic (exact) mass is 427 g/mol. The number of carbonyl (C=O) groups excluding carboxylic acids is 2. The van der Waals surface area contributed by atoms with E-state index in [4.69, 9.17) is 4.74 Å². The molecule has 10 heteroatoms. The van der Waals surface area contributed by atoms with Gasteiger partial charge < -0.3 is 19.9 Å². The topological polar surface area (TPSA) is 118 Å². The third-order valence-electron chi connectivity index (χ3n) is 5.04. The first kappa shape index (κ1) is 22.2. The van der Waals surface area contributed by atoms with E-state index >= 15 is 0 Å². The van der Waals surface area contributed by atoms with Crippen molar-refractivity contribution in [3.8, 4) is 0 Å². The highest BCUT2D eigenvalue weighted by Crippen LogP contribution is 2.26. The van der Waals surface area contributed by atoms with Crippen LogP contribution in [-0.2, 0) is 16.0 Å². The molecule has 0 bridgehead atoms. The Labute approximate surface area is 180 Å². The summed E-state index contributed by atoms with van der Waals surface area (Å²) in [5, 5.41) is 14.4. The predicted octanol–water partition coefficient (Wildman–Crippen LogP) is 1.58. The lowest BCUT2D eigenvalue weighted by atomic mass is 10.1. The van der Waals surface area contributed by atoms with E-state index in [9.17, 15) is 19.7 Å². The largest absolute Gasteiger partial charge is 0.383 e. The second-order valence-corrected chi connectivity index (χ2v) is 7.08. The molecule has 1 saturated heterocycles. The zero-order chi connectivity index (χ0) is 22.2. The Bertz CT molecular complexity index is 929. The van der Waals surface area contributed by atoms with Gasteiger partial charge in [0.1, 0.15) is 5.69 Å². The number of nitrogens with one attached hydrogen (secondary N) is 1. The van der Waals surface area contributed by atoms with Crippen LogP contribution in [0.5, 0.6) is 0 Å². The molecule has 164 valence electrons. The third-order valence-corrected chi connectivity index (χ3v) is 5.04. The van der Waals surface area contributed by atoms with Gasteiger partial charge in [0.25, 0.3) is 11.6 Å². The second kappa shape index (κ2) is 10.5. The van der Waals surface area contributed by atoms with E-state index < -0.39 is 4.92 Å². The summed E-state index contributed by atoms with van der Waals surface area (Å²) >= 11 is 0. The van der Waals surface area contributed by atoms with Crippen molar-refractivity contribution >= 4 is 23.2 Å². The van der Waals surface area contributed by atoms with Gasteiger partial charge in [-0.25, -0.2) is 0 Å². The van der Waals surface area contributed by atoms with Crippen LogP contribution in [0.1, 0.15) is 16.1 Å². The summed E-state index contributed by atoms with van der Waals surface area (Å²) in [7, 11) is 1.55. The number of benzene rings is 1. The van der Waals surface area contributed by atoms with Gasteiger partial charge in [-0.1, -0.05) is 6.07 Å². The summed E-state index contributed by atoms with van der Waals surface area (Å²) in [5.41, 5.74) is 1.13. The van der Waals surface area contributed by atoms with Crippen LogP contribution >= 0.6 is 0 Å². The van der Waals surface area contributed by atoms with Crippen LogP contribution < -0.4 is 5.32 Å². The van der Waals surface area contributed by atoms with Crippen LogP contribution in [0.3, 0.4) is 0 Å². The molecule has 0 unspecified atom stereocenters. The van der Waals surface area contributed by atoms with Gasteiger partial charge in [-0.2, -0.15) is 0 Å². The molecule has 1 aliphatic heterocycles. The van der Waals surface area contributed by atoms with Crippen LogP contribution in [0.25, 0.3) is 0 Å². The van der Waals surface area contributed by atoms with Crippen molar-refractivity contribution in [3.63, 3.8) is 0 Å². The number of rotatable bonds is 8. The van der Waals surface area contributed by atoms with Crippen LogP contribution in [0.4, 0.5) is 11.4 Å². The number of piperazine rings is 1. The van der Waals surface area contributed by atoms with E-state index in [-0.39, 0.29) is 29.5 Å². The minimum Gasteiger partial charge on any atom is -0.383 e. The van der Waals surface area contributed by atoms with Crippen molar-refractivity contribution in [2.75, 3.05) is 51.8 Å². The number of ether oxygens (including phenoxy) is 1. The summed E-state index contributed by atoms with van der Waals surface area (Å²) in [6, 6.07) is 9.83. The van der Waals surface area contributed by atoms with Crippen molar-refractivity contribution in [1.29, 1.82) is 0 Å². The van der Waals surface area contributed by atoms with Gasteiger partial charge in [0.05, 0.1) is 18.0 Å². The van der Waals surface area contributed by atoms with Gasteiger partial charge >= 0.3 is 0 Å². The number of methoxy groups -OCH3 is 1. The Morgan fingerprint density at radius 3 is 2.55 bits per heavy atom. The number of nitrogens with zero attached hydrogens (tertiary/aromatic N) is 4. The first-order chi connectivity index (χ1) is 15.0. The molecule has 3 rings (SSSR count). The number of hydrogen-bond donors (Lipinski definition) is 1. The number of hydrogen-bond acceptors (Lipinski definition) is 7. The molecule has 31 heavy (non-hydrogen) atoms. The van der Waals surface area contributed by atoms with E-state index in [2.05, 4.69) is 10.3 Å². The predicted molar refractivity (Wildman–Crippen MR) is 114 cm³/mol. The molecule has 2 aromatic rings. The maximum Gasteiger partial charge on any atom is 0.293 e. The van der Waals surface area contributed by atoms with Gasteiger partial charge in [-0.05, 0) is 24.3 Å². The molecule has 0 spiro atoms. The first-order valence-corrected chi connectivity index (χ1v) is 9.98. The number of aromatic nitrogens is 1. The highest BCUT2D eigenvalue weighted by Gasteiger charge is 2.26. The summed E-state index contributed by atoms with van der Waals surface area (Å²) in [6.45, 7) is 2.38. The van der Waals surface area contributed by atoms with Gasteiger partial charge in [0.2, 0.25) is 5.91 Å².